The molecule has 2 atom stereocenters. The van der Waals surface area contributed by atoms with Crippen LogP contribution in [0.15, 0.2) is 12.2 Å². The number of phosphoric ester groups is 1. The zero-order valence-electron chi connectivity index (χ0n) is 35.8. The summed E-state index contributed by atoms with van der Waals surface area (Å²) in [6.07, 6.45) is 40.9. The molecule has 0 fully saturated rings. The predicted octanol–water partition coefficient (Wildman–Crippen LogP) is 13.1. The van der Waals surface area contributed by atoms with Gasteiger partial charge in [0, 0.05) is 13.0 Å². The molecule has 0 aromatic heterocycles. The molecule has 0 heterocycles. The molecular weight excluding hydrogens is 685 g/mol. The molecule has 0 aromatic carbocycles. The summed E-state index contributed by atoms with van der Waals surface area (Å²) in [7, 11) is 1.68. The van der Waals surface area contributed by atoms with Crippen LogP contribution in [0, 0.1) is 0 Å². The molecule has 0 aliphatic carbocycles. The van der Waals surface area contributed by atoms with Gasteiger partial charge in [0.1, 0.15) is 19.3 Å². The fourth-order valence-corrected chi connectivity index (χ4v) is 7.05. The Kier molecular flexibility index (Phi) is 37.6. The van der Waals surface area contributed by atoms with Crippen molar-refractivity contribution >= 4 is 13.8 Å². The van der Waals surface area contributed by atoms with Crippen LogP contribution in [0.5, 0.6) is 0 Å². The number of hydrogen-bond donors (Lipinski definition) is 1. The van der Waals surface area contributed by atoms with Crippen molar-refractivity contribution in [1.29, 1.82) is 0 Å². The van der Waals surface area contributed by atoms with Crippen molar-refractivity contribution in [1.82, 2.24) is 0 Å². The SMILES string of the molecule is CCCCCCCC/C=C\CCCCCCCCCC(=O)O[C@H](COCCCCCCCCCCCCCCCC)COP(=O)(O)OCC[N+](C)(C)C. The lowest BCUT2D eigenvalue weighted by atomic mass is 10.0. The zero-order valence-corrected chi connectivity index (χ0v) is 36.7. The number of allylic oxidation sites excluding steroid dienone is 2. The molecule has 53 heavy (non-hydrogen) atoms. The third-order valence-corrected chi connectivity index (χ3v) is 10.8. The summed E-state index contributed by atoms with van der Waals surface area (Å²) < 4.78 is 35.0. The van der Waals surface area contributed by atoms with Gasteiger partial charge in [-0.3, -0.25) is 13.8 Å². The quantitative estimate of drug-likeness (QED) is 0.0217. The first-order chi connectivity index (χ1) is 25.6. The molecular formula is C44H89NO7P+. The Morgan fingerprint density at radius 3 is 1.43 bits per heavy atom. The molecule has 0 aliphatic rings. The van der Waals surface area contributed by atoms with E-state index >= 15 is 0 Å². The van der Waals surface area contributed by atoms with Gasteiger partial charge in [0.15, 0.2) is 0 Å². The number of ether oxygens (including phenoxy) is 2. The first-order valence-electron chi connectivity index (χ1n) is 22.4. The topological polar surface area (TPSA) is 91.3 Å². The van der Waals surface area contributed by atoms with Crippen molar-refractivity contribution in [2.45, 2.75) is 213 Å². The van der Waals surface area contributed by atoms with Crippen LogP contribution in [0.3, 0.4) is 0 Å². The van der Waals surface area contributed by atoms with Gasteiger partial charge in [-0.1, -0.05) is 174 Å². The number of quaternary nitrogens is 1. The Hall–Kier alpha value is -0.760. The maximum absolute atomic E-state index is 12.7. The van der Waals surface area contributed by atoms with Crippen molar-refractivity contribution in [2.24, 2.45) is 0 Å². The van der Waals surface area contributed by atoms with Crippen molar-refractivity contribution in [2.75, 3.05) is 54.1 Å². The Balaban J connectivity index is 4.20. The average Bonchev–Trinajstić information content (AvgIpc) is 3.11. The van der Waals surface area contributed by atoms with Crippen molar-refractivity contribution in [3.8, 4) is 0 Å². The summed E-state index contributed by atoms with van der Waals surface area (Å²) in [5.74, 6) is -0.315. The first kappa shape index (κ1) is 52.2. The number of phosphoric acid groups is 1. The lowest BCUT2D eigenvalue weighted by Crippen LogP contribution is -2.37. The van der Waals surface area contributed by atoms with E-state index in [2.05, 4.69) is 26.0 Å². The highest BCUT2D eigenvalue weighted by atomic mass is 31.2. The summed E-state index contributed by atoms with van der Waals surface area (Å²) in [6, 6.07) is 0. The Morgan fingerprint density at radius 2 is 0.981 bits per heavy atom. The molecule has 316 valence electrons. The summed E-state index contributed by atoms with van der Waals surface area (Å²) in [6.45, 7) is 5.65. The molecule has 1 N–H and O–H groups in total. The molecule has 0 amide bonds. The second-order valence-electron chi connectivity index (χ2n) is 16.4. The van der Waals surface area contributed by atoms with E-state index in [0.29, 0.717) is 24.1 Å². The lowest BCUT2D eigenvalue weighted by molar-refractivity contribution is -0.870. The number of carbonyl (C=O) groups is 1. The van der Waals surface area contributed by atoms with Gasteiger partial charge in [0.25, 0.3) is 0 Å². The predicted molar refractivity (Wildman–Crippen MR) is 224 cm³/mol. The normalized spacial score (nSPS) is 13.8. The minimum absolute atomic E-state index is 0.0910. The van der Waals surface area contributed by atoms with Crippen LogP contribution in [-0.4, -0.2) is 75.6 Å². The van der Waals surface area contributed by atoms with E-state index in [1.807, 2.05) is 21.1 Å². The second-order valence-corrected chi connectivity index (χ2v) is 17.9. The zero-order chi connectivity index (χ0) is 39.1. The number of carbonyl (C=O) groups excluding carboxylic acids is 1. The minimum Gasteiger partial charge on any atom is -0.457 e. The third-order valence-electron chi connectivity index (χ3n) is 9.83. The highest BCUT2D eigenvalue weighted by Gasteiger charge is 2.26. The van der Waals surface area contributed by atoms with E-state index in [0.717, 1.165) is 32.1 Å². The second kappa shape index (κ2) is 38.1. The molecule has 0 saturated heterocycles. The molecule has 0 rings (SSSR count). The number of esters is 1. The molecule has 0 aromatic rings. The molecule has 0 radical (unpaired) electrons. The Bertz CT molecular complexity index is 863. The number of nitrogens with zero attached hydrogens (tertiary/aromatic N) is 1. The van der Waals surface area contributed by atoms with Crippen LogP contribution in [-0.2, 0) is 27.9 Å². The van der Waals surface area contributed by atoms with Gasteiger partial charge in [-0.05, 0) is 38.5 Å². The van der Waals surface area contributed by atoms with E-state index in [1.54, 1.807) is 0 Å². The van der Waals surface area contributed by atoms with Gasteiger partial charge in [-0.2, -0.15) is 0 Å². The van der Waals surface area contributed by atoms with E-state index in [4.69, 9.17) is 18.5 Å². The summed E-state index contributed by atoms with van der Waals surface area (Å²) in [5, 5.41) is 0. The van der Waals surface area contributed by atoms with Crippen molar-refractivity contribution < 1.29 is 37.3 Å². The molecule has 9 heteroatoms. The van der Waals surface area contributed by atoms with Crippen molar-refractivity contribution in [3.05, 3.63) is 12.2 Å². The van der Waals surface area contributed by atoms with Gasteiger partial charge in [-0.25, -0.2) is 4.57 Å². The summed E-state index contributed by atoms with van der Waals surface area (Å²) in [5.41, 5.74) is 0. The maximum atomic E-state index is 12.7. The smallest absolute Gasteiger partial charge is 0.457 e. The fourth-order valence-electron chi connectivity index (χ4n) is 6.31. The van der Waals surface area contributed by atoms with Gasteiger partial charge in [0.2, 0.25) is 0 Å². The number of likely N-dealkylation sites (N-methyl/N-ethyl adjacent to an activating group) is 1. The van der Waals surface area contributed by atoms with Gasteiger partial charge < -0.3 is 18.9 Å². The van der Waals surface area contributed by atoms with Crippen LogP contribution < -0.4 is 0 Å². The molecule has 0 bridgehead atoms. The molecule has 0 saturated carbocycles. The average molecular weight is 775 g/mol. The highest BCUT2D eigenvalue weighted by molar-refractivity contribution is 7.47. The number of rotatable bonds is 42. The summed E-state index contributed by atoms with van der Waals surface area (Å²) >= 11 is 0. The first-order valence-corrected chi connectivity index (χ1v) is 23.9. The highest BCUT2D eigenvalue weighted by Crippen LogP contribution is 2.43. The minimum atomic E-state index is -4.27. The largest absolute Gasteiger partial charge is 0.472 e. The van der Waals surface area contributed by atoms with Crippen LogP contribution in [0.1, 0.15) is 206 Å². The van der Waals surface area contributed by atoms with Crippen LogP contribution in [0.4, 0.5) is 0 Å². The van der Waals surface area contributed by atoms with Crippen LogP contribution in [0.2, 0.25) is 0 Å². The van der Waals surface area contributed by atoms with Crippen LogP contribution >= 0.6 is 7.82 Å². The monoisotopic (exact) mass is 775 g/mol. The van der Waals surface area contributed by atoms with Gasteiger partial charge in [0.05, 0.1) is 34.4 Å². The standard InChI is InChI=1S/C44H88NO7P/c1-6-8-10-12-14-16-18-20-22-23-24-25-27-29-31-33-35-37-44(46)52-43(42-51-53(47,48)50-40-38-45(3,4)5)41-49-39-36-34-32-30-28-26-21-19-17-15-13-11-9-7-2/h20,22,43H,6-19,21,23-42H2,1-5H3/p+1/b22-20-/t43-/m1/s1. The Morgan fingerprint density at radius 1 is 0.566 bits per heavy atom. The molecule has 1 unspecified atom stereocenters. The third kappa shape index (κ3) is 42.2. The fraction of sp³-hybridized carbons (Fsp3) is 0.932. The van der Waals surface area contributed by atoms with E-state index in [1.165, 1.54) is 154 Å². The maximum Gasteiger partial charge on any atom is 0.472 e. The van der Waals surface area contributed by atoms with Gasteiger partial charge >= 0.3 is 13.8 Å². The van der Waals surface area contributed by atoms with E-state index in [9.17, 15) is 14.3 Å². The van der Waals surface area contributed by atoms with Gasteiger partial charge in [-0.15, -0.1) is 0 Å². The lowest BCUT2D eigenvalue weighted by Gasteiger charge is -2.24. The number of hydrogen-bond acceptors (Lipinski definition) is 6. The Labute approximate surface area is 329 Å². The number of unbranched alkanes of at least 4 members (excludes halogenated alkanes) is 26. The summed E-state index contributed by atoms with van der Waals surface area (Å²) in [4.78, 5) is 22.9. The van der Waals surface area contributed by atoms with E-state index < -0.39 is 13.9 Å². The van der Waals surface area contributed by atoms with Crippen LogP contribution in [0.25, 0.3) is 0 Å². The molecule has 0 aliphatic heterocycles. The van der Waals surface area contributed by atoms with Crippen molar-refractivity contribution in [3.63, 3.8) is 0 Å². The molecule has 0 spiro atoms. The van der Waals surface area contributed by atoms with E-state index in [-0.39, 0.29) is 25.8 Å². The molecule has 8 nitrogen and oxygen atoms in total.